The number of carbonyl (C=O) groups is 1. The molecule has 3 aromatic rings. The zero-order valence-electron chi connectivity index (χ0n) is 19.2. The Hall–Kier alpha value is -2.96. The van der Waals surface area contributed by atoms with Crippen LogP contribution in [0.5, 0.6) is 0 Å². The monoisotopic (exact) mass is 480 g/mol. The van der Waals surface area contributed by atoms with E-state index in [4.69, 9.17) is 26.5 Å². The van der Waals surface area contributed by atoms with Crippen molar-refractivity contribution >= 4 is 17.6 Å². The second-order valence-corrected chi connectivity index (χ2v) is 9.54. The number of halogens is 1. The van der Waals surface area contributed by atoms with Gasteiger partial charge in [-0.3, -0.25) is 4.79 Å². The van der Waals surface area contributed by atoms with Crippen LogP contribution in [0.15, 0.2) is 59.4 Å². The van der Waals surface area contributed by atoms with Gasteiger partial charge in [0.2, 0.25) is 0 Å². The maximum Gasteiger partial charge on any atom is 0.329 e. The molecule has 0 saturated heterocycles. The fourth-order valence-corrected chi connectivity index (χ4v) is 4.75. The molecule has 6 nitrogen and oxygen atoms in total. The smallest absolute Gasteiger partial charge is 0.329 e. The fraction of sp³-hybridized carbons (Fsp3) is 0.370. The summed E-state index contributed by atoms with van der Waals surface area (Å²) in [5.41, 5.74) is 4.38. The maximum atomic E-state index is 13.1. The third-order valence-electron chi connectivity index (χ3n) is 6.44. The number of aryl methyl sites for hydroxylation is 1. The van der Waals surface area contributed by atoms with Gasteiger partial charge in [-0.2, -0.15) is 5.10 Å². The predicted octanol–water partition coefficient (Wildman–Crippen LogP) is 5.45. The number of hydrogen-bond acceptors (Lipinski definition) is 4. The molecule has 1 aromatic heterocycles. The average Bonchev–Trinajstić information content (AvgIpc) is 2.81. The van der Waals surface area contributed by atoms with Crippen molar-refractivity contribution < 1.29 is 14.6 Å². The molecule has 0 atom stereocenters. The highest BCUT2D eigenvalue weighted by atomic mass is 35.5. The van der Waals surface area contributed by atoms with Gasteiger partial charge in [0.05, 0.1) is 12.3 Å². The van der Waals surface area contributed by atoms with E-state index in [0.29, 0.717) is 30.0 Å². The van der Waals surface area contributed by atoms with Gasteiger partial charge < -0.3 is 9.84 Å². The van der Waals surface area contributed by atoms with E-state index in [1.807, 2.05) is 55.5 Å². The number of hydrogen-bond donors (Lipinski definition) is 1. The van der Waals surface area contributed by atoms with E-state index in [9.17, 15) is 9.59 Å². The molecule has 7 heteroatoms. The lowest BCUT2D eigenvalue weighted by atomic mass is 9.82. The van der Waals surface area contributed by atoms with E-state index in [1.165, 1.54) is 0 Å². The van der Waals surface area contributed by atoms with Gasteiger partial charge in [0.1, 0.15) is 6.61 Å². The van der Waals surface area contributed by atoms with Gasteiger partial charge in [-0.1, -0.05) is 53.6 Å². The first kappa shape index (κ1) is 24.2. The van der Waals surface area contributed by atoms with Crippen LogP contribution in [0.1, 0.15) is 31.2 Å². The van der Waals surface area contributed by atoms with Gasteiger partial charge in [-0.05, 0) is 62.1 Å². The van der Waals surface area contributed by atoms with Gasteiger partial charge >= 0.3 is 5.97 Å². The normalized spacial score (nSPS) is 18.1. The molecule has 0 spiro atoms. The lowest BCUT2D eigenvalue weighted by Crippen LogP contribution is -2.29. The summed E-state index contributed by atoms with van der Waals surface area (Å²) in [5.74, 6) is -0.220. The summed E-state index contributed by atoms with van der Waals surface area (Å²) in [6.45, 7) is 2.83. The highest BCUT2D eigenvalue weighted by Gasteiger charge is 2.23. The second kappa shape index (κ2) is 11.0. The van der Waals surface area contributed by atoms with Crippen LogP contribution in [0.3, 0.4) is 0 Å². The van der Waals surface area contributed by atoms with Crippen LogP contribution in [0.2, 0.25) is 5.02 Å². The lowest BCUT2D eigenvalue weighted by Gasteiger charge is -2.28. The van der Waals surface area contributed by atoms with E-state index in [2.05, 4.69) is 0 Å². The van der Waals surface area contributed by atoms with Crippen molar-refractivity contribution in [3.05, 3.63) is 75.5 Å². The number of carboxylic acid groups (broad SMARTS) is 1. The Balaban J connectivity index is 1.56. The molecular formula is C27H29ClN2O4. The maximum absolute atomic E-state index is 13.1. The zero-order chi connectivity index (χ0) is 24.1. The molecule has 1 aliphatic carbocycles. The van der Waals surface area contributed by atoms with Crippen LogP contribution in [0, 0.1) is 18.8 Å². The van der Waals surface area contributed by atoms with Gasteiger partial charge in [0.15, 0.2) is 0 Å². The van der Waals surface area contributed by atoms with Crippen molar-refractivity contribution in [1.29, 1.82) is 0 Å². The quantitative estimate of drug-likeness (QED) is 0.463. The van der Waals surface area contributed by atoms with Crippen molar-refractivity contribution in [2.45, 2.75) is 39.2 Å². The Kier molecular flexibility index (Phi) is 7.80. The first-order valence-corrected chi connectivity index (χ1v) is 12.0. The van der Waals surface area contributed by atoms with E-state index in [1.54, 1.807) is 10.7 Å². The highest BCUT2D eigenvalue weighted by molar-refractivity contribution is 6.30. The molecule has 1 N–H and O–H groups in total. The van der Waals surface area contributed by atoms with E-state index in [0.717, 1.165) is 53.6 Å². The van der Waals surface area contributed by atoms with Gasteiger partial charge in [-0.25, -0.2) is 9.48 Å². The van der Waals surface area contributed by atoms with Crippen molar-refractivity contribution in [2.24, 2.45) is 11.8 Å². The number of carboxylic acids is 1. The van der Waals surface area contributed by atoms with Crippen molar-refractivity contribution in [3.63, 3.8) is 0 Å². The van der Waals surface area contributed by atoms with E-state index >= 15 is 0 Å². The zero-order valence-corrected chi connectivity index (χ0v) is 20.0. The molecule has 0 amide bonds. The average molecular weight is 481 g/mol. The Morgan fingerprint density at radius 2 is 1.76 bits per heavy atom. The molecule has 1 heterocycles. The molecule has 0 aliphatic heterocycles. The standard InChI is InChI=1S/C27H29ClN2O4/c1-18-5-11-21(12-6-18)27-24(22-3-2-4-23(28)13-22)14-25(31)30(29-27)15-19-7-9-20(10-8-19)16-34-17-26(32)33/h2-6,11-14,19-20H,7-10,15-17H2,1H3,(H,32,33). The summed E-state index contributed by atoms with van der Waals surface area (Å²) < 4.78 is 6.86. The molecule has 4 rings (SSSR count). The molecule has 1 aliphatic rings. The lowest BCUT2D eigenvalue weighted by molar-refractivity contribution is -0.142. The summed E-state index contributed by atoms with van der Waals surface area (Å²) in [5, 5.41) is 14.2. The minimum absolute atomic E-state index is 0.127. The van der Waals surface area contributed by atoms with Gasteiger partial charge in [0, 0.05) is 28.8 Å². The molecule has 0 bridgehead atoms. The van der Waals surface area contributed by atoms with Crippen LogP contribution >= 0.6 is 11.6 Å². The third kappa shape index (κ3) is 6.13. The molecule has 1 saturated carbocycles. The topological polar surface area (TPSA) is 81.4 Å². The summed E-state index contributed by atoms with van der Waals surface area (Å²) in [4.78, 5) is 23.7. The first-order chi connectivity index (χ1) is 16.4. The minimum Gasteiger partial charge on any atom is -0.480 e. The molecular weight excluding hydrogens is 452 g/mol. The summed E-state index contributed by atoms with van der Waals surface area (Å²) in [6, 6.07) is 17.3. The fourth-order valence-electron chi connectivity index (χ4n) is 4.56. The summed E-state index contributed by atoms with van der Waals surface area (Å²) in [7, 11) is 0. The van der Waals surface area contributed by atoms with Crippen LogP contribution in [-0.2, 0) is 16.1 Å². The molecule has 0 radical (unpaired) electrons. The first-order valence-electron chi connectivity index (χ1n) is 11.6. The van der Waals surface area contributed by atoms with Gasteiger partial charge in [-0.15, -0.1) is 0 Å². The summed E-state index contributed by atoms with van der Waals surface area (Å²) in [6.07, 6.45) is 3.85. The van der Waals surface area contributed by atoms with Crippen molar-refractivity contribution in [3.8, 4) is 22.4 Å². The number of ether oxygens (including phenoxy) is 1. The summed E-state index contributed by atoms with van der Waals surface area (Å²) >= 11 is 6.23. The van der Waals surface area contributed by atoms with E-state index in [-0.39, 0.29) is 12.2 Å². The Morgan fingerprint density at radius 1 is 1.06 bits per heavy atom. The molecule has 178 valence electrons. The SMILES string of the molecule is Cc1ccc(-c2nn(CC3CCC(COCC(=O)O)CC3)c(=O)cc2-c2cccc(Cl)c2)cc1. The minimum atomic E-state index is -0.940. The molecule has 2 aromatic carbocycles. The Bertz CT molecular complexity index is 1200. The van der Waals surface area contributed by atoms with Crippen LogP contribution < -0.4 is 5.56 Å². The number of aromatic nitrogens is 2. The van der Waals surface area contributed by atoms with Crippen molar-refractivity contribution in [2.75, 3.05) is 13.2 Å². The third-order valence-corrected chi connectivity index (χ3v) is 6.67. The van der Waals surface area contributed by atoms with Crippen molar-refractivity contribution in [1.82, 2.24) is 9.78 Å². The molecule has 1 fully saturated rings. The molecule has 0 unspecified atom stereocenters. The van der Waals surface area contributed by atoms with Crippen LogP contribution in [-0.4, -0.2) is 34.1 Å². The molecule has 34 heavy (non-hydrogen) atoms. The van der Waals surface area contributed by atoms with Crippen LogP contribution in [0.25, 0.3) is 22.4 Å². The number of nitrogens with zero attached hydrogens (tertiary/aromatic N) is 2. The Labute approximate surface area is 204 Å². The number of benzene rings is 2. The Morgan fingerprint density at radius 3 is 2.44 bits per heavy atom. The second-order valence-electron chi connectivity index (χ2n) is 9.10. The number of aliphatic carboxylic acids is 1. The largest absolute Gasteiger partial charge is 0.480 e. The van der Waals surface area contributed by atoms with Crippen LogP contribution in [0.4, 0.5) is 0 Å². The highest BCUT2D eigenvalue weighted by Crippen LogP contribution is 2.32. The van der Waals surface area contributed by atoms with Gasteiger partial charge in [0.25, 0.3) is 5.56 Å². The predicted molar refractivity (Wildman–Crippen MR) is 133 cm³/mol. The van der Waals surface area contributed by atoms with E-state index < -0.39 is 5.97 Å². The number of rotatable bonds is 8.